The summed E-state index contributed by atoms with van der Waals surface area (Å²) in [6, 6.07) is 0. The molecule has 1 saturated heterocycles. The molecule has 0 aliphatic carbocycles. The summed E-state index contributed by atoms with van der Waals surface area (Å²) in [6.07, 6.45) is 2.22. The van der Waals surface area contributed by atoms with E-state index in [2.05, 4.69) is 18.7 Å². The molecule has 0 bridgehead atoms. The minimum absolute atomic E-state index is 0.326. The van der Waals surface area contributed by atoms with Crippen molar-refractivity contribution in [1.29, 1.82) is 0 Å². The first-order chi connectivity index (χ1) is 5.67. The molecule has 2 nitrogen and oxygen atoms in total. The maximum absolute atomic E-state index is 8.58. The van der Waals surface area contributed by atoms with E-state index in [1.807, 2.05) is 13.8 Å². The van der Waals surface area contributed by atoms with Crippen molar-refractivity contribution in [1.82, 2.24) is 4.90 Å². The van der Waals surface area contributed by atoms with Crippen LogP contribution in [0.1, 0.15) is 40.5 Å². The van der Waals surface area contributed by atoms with Gasteiger partial charge in [0.05, 0.1) is 0 Å². The molecule has 1 rings (SSSR count). The van der Waals surface area contributed by atoms with Gasteiger partial charge in [-0.3, -0.25) is 4.90 Å². The number of aliphatic hydroxyl groups excluding tert-OH is 1. The van der Waals surface area contributed by atoms with Crippen molar-refractivity contribution in [2.75, 3.05) is 19.7 Å². The van der Waals surface area contributed by atoms with E-state index in [1.165, 1.54) is 13.0 Å². The van der Waals surface area contributed by atoms with E-state index >= 15 is 0 Å². The smallest absolute Gasteiger partial charge is 0.0443 e. The van der Waals surface area contributed by atoms with Crippen molar-refractivity contribution < 1.29 is 5.11 Å². The van der Waals surface area contributed by atoms with Gasteiger partial charge >= 0.3 is 0 Å². The van der Waals surface area contributed by atoms with Gasteiger partial charge < -0.3 is 5.11 Å². The van der Waals surface area contributed by atoms with E-state index in [0.717, 1.165) is 13.0 Å². The Labute approximate surface area is 76.6 Å². The summed E-state index contributed by atoms with van der Waals surface area (Å²) < 4.78 is 0. The van der Waals surface area contributed by atoms with Crippen LogP contribution in [0.15, 0.2) is 0 Å². The van der Waals surface area contributed by atoms with Crippen LogP contribution in [0.2, 0.25) is 0 Å². The van der Waals surface area contributed by atoms with Crippen molar-refractivity contribution in [3.8, 4) is 0 Å². The molecule has 0 atom stereocenters. The minimum Gasteiger partial charge on any atom is -0.396 e. The number of hydrogen-bond acceptors (Lipinski definition) is 2. The van der Waals surface area contributed by atoms with Gasteiger partial charge in [0.2, 0.25) is 0 Å². The summed E-state index contributed by atoms with van der Waals surface area (Å²) in [4.78, 5) is 2.42. The second-order valence-electron chi connectivity index (χ2n) is 3.63. The van der Waals surface area contributed by atoms with Gasteiger partial charge in [-0.1, -0.05) is 13.8 Å². The Balaban J connectivity index is 0.000000561. The summed E-state index contributed by atoms with van der Waals surface area (Å²) in [5.74, 6) is 0. The SMILES string of the molecule is CC.CC1(C)CCN1CCCO. The third-order valence-electron chi connectivity index (χ3n) is 2.44. The van der Waals surface area contributed by atoms with Gasteiger partial charge in [-0.05, 0) is 26.7 Å². The number of aliphatic hydroxyl groups is 1. The van der Waals surface area contributed by atoms with Gasteiger partial charge in [0.25, 0.3) is 0 Å². The second kappa shape index (κ2) is 5.55. The Kier molecular flexibility index (Phi) is 5.51. The quantitative estimate of drug-likeness (QED) is 0.704. The van der Waals surface area contributed by atoms with Gasteiger partial charge in [0.1, 0.15) is 0 Å². The van der Waals surface area contributed by atoms with Crippen LogP contribution in [0.4, 0.5) is 0 Å². The van der Waals surface area contributed by atoms with Gasteiger partial charge in [0.15, 0.2) is 0 Å². The molecule has 1 heterocycles. The molecule has 1 N–H and O–H groups in total. The predicted octanol–water partition coefficient (Wildman–Crippen LogP) is 1.88. The standard InChI is InChI=1S/C8H17NO.C2H6/c1-8(2)4-6-9(8)5-3-7-10;1-2/h10H,3-7H2,1-2H3;1-2H3. The number of rotatable bonds is 3. The lowest BCUT2D eigenvalue weighted by Gasteiger charge is -2.48. The highest BCUT2D eigenvalue weighted by Gasteiger charge is 2.34. The summed E-state index contributed by atoms with van der Waals surface area (Å²) in [5.41, 5.74) is 0.412. The maximum Gasteiger partial charge on any atom is 0.0443 e. The zero-order chi connectivity index (χ0) is 9.61. The first-order valence-electron chi connectivity index (χ1n) is 5.03. The van der Waals surface area contributed by atoms with Crippen LogP contribution in [-0.4, -0.2) is 35.2 Å². The normalized spacial score (nSPS) is 20.8. The van der Waals surface area contributed by atoms with E-state index < -0.39 is 0 Å². The van der Waals surface area contributed by atoms with E-state index in [-0.39, 0.29) is 0 Å². The molecule has 1 aliphatic rings. The molecule has 0 radical (unpaired) electrons. The average molecular weight is 173 g/mol. The summed E-state index contributed by atoms with van der Waals surface area (Å²) in [5, 5.41) is 8.58. The molecule has 1 aliphatic heterocycles. The topological polar surface area (TPSA) is 23.5 Å². The summed E-state index contributed by atoms with van der Waals surface area (Å²) in [6.45, 7) is 11.1. The fourth-order valence-corrected chi connectivity index (χ4v) is 1.39. The van der Waals surface area contributed by atoms with Crippen LogP contribution in [0.3, 0.4) is 0 Å². The Morgan fingerprint density at radius 2 is 1.92 bits per heavy atom. The molecule has 0 aromatic rings. The average Bonchev–Trinajstić information content (AvgIpc) is 2.07. The number of hydrogen-bond donors (Lipinski definition) is 1. The van der Waals surface area contributed by atoms with Crippen molar-refractivity contribution >= 4 is 0 Å². The molecule has 1 fully saturated rings. The molecule has 12 heavy (non-hydrogen) atoms. The van der Waals surface area contributed by atoms with Gasteiger partial charge in [-0.15, -0.1) is 0 Å². The lowest BCUT2D eigenvalue weighted by Crippen LogP contribution is -2.55. The van der Waals surface area contributed by atoms with Crippen LogP contribution in [-0.2, 0) is 0 Å². The Bertz CT molecular complexity index is 112. The third kappa shape index (κ3) is 3.11. The second-order valence-corrected chi connectivity index (χ2v) is 3.63. The Morgan fingerprint density at radius 3 is 2.17 bits per heavy atom. The molecule has 0 spiro atoms. The molecular weight excluding hydrogens is 150 g/mol. The van der Waals surface area contributed by atoms with Crippen molar-refractivity contribution in [3.05, 3.63) is 0 Å². The third-order valence-corrected chi connectivity index (χ3v) is 2.44. The van der Waals surface area contributed by atoms with Crippen LogP contribution >= 0.6 is 0 Å². The minimum atomic E-state index is 0.326. The molecular formula is C10H23NO. The van der Waals surface area contributed by atoms with E-state index in [4.69, 9.17) is 5.11 Å². The molecule has 0 aromatic heterocycles. The fraction of sp³-hybridized carbons (Fsp3) is 1.00. The van der Waals surface area contributed by atoms with Crippen molar-refractivity contribution in [2.45, 2.75) is 46.1 Å². The zero-order valence-electron chi connectivity index (χ0n) is 8.93. The zero-order valence-corrected chi connectivity index (χ0v) is 8.93. The van der Waals surface area contributed by atoms with Crippen molar-refractivity contribution in [2.24, 2.45) is 0 Å². The van der Waals surface area contributed by atoms with Crippen LogP contribution in [0.25, 0.3) is 0 Å². The molecule has 0 aromatic carbocycles. The molecule has 2 heteroatoms. The first-order valence-corrected chi connectivity index (χ1v) is 5.03. The molecule has 0 saturated carbocycles. The van der Waals surface area contributed by atoms with Crippen LogP contribution in [0.5, 0.6) is 0 Å². The maximum atomic E-state index is 8.58. The molecule has 0 unspecified atom stereocenters. The summed E-state index contributed by atoms with van der Waals surface area (Å²) >= 11 is 0. The van der Waals surface area contributed by atoms with E-state index in [9.17, 15) is 0 Å². The van der Waals surface area contributed by atoms with Gasteiger partial charge in [-0.25, -0.2) is 0 Å². The monoisotopic (exact) mass is 173 g/mol. The first kappa shape index (κ1) is 11.9. The van der Waals surface area contributed by atoms with Crippen LogP contribution in [0, 0.1) is 0 Å². The lowest BCUT2D eigenvalue weighted by atomic mass is 9.89. The van der Waals surface area contributed by atoms with E-state index in [1.54, 1.807) is 0 Å². The van der Waals surface area contributed by atoms with Gasteiger partial charge in [0, 0.05) is 25.2 Å². The summed E-state index contributed by atoms with van der Waals surface area (Å²) in [7, 11) is 0. The molecule has 0 amide bonds. The highest BCUT2D eigenvalue weighted by molar-refractivity contribution is 4.91. The van der Waals surface area contributed by atoms with Gasteiger partial charge in [-0.2, -0.15) is 0 Å². The number of nitrogens with zero attached hydrogens (tertiary/aromatic N) is 1. The molecule has 74 valence electrons. The lowest BCUT2D eigenvalue weighted by molar-refractivity contribution is 0.0115. The Hall–Kier alpha value is -0.0800. The fourth-order valence-electron chi connectivity index (χ4n) is 1.39. The Morgan fingerprint density at radius 1 is 1.33 bits per heavy atom. The highest BCUT2D eigenvalue weighted by Crippen LogP contribution is 2.28. The van der Waals surface area contributed by atoms with E-state index in [0.29, 0.717) is 12.1 Å². The highest BCUT2D eigenvalue weighted by atomic mass is 16.3. The van der Waals surface area contributed by atoms with Crippen molar-refractivity contribution in [3.63, 3.8) is 0 Å². The largest absolute Gasteiger partial charge is 0.396 e. The predicted molar refractivity (Wildman–Crippen MR) is 53.3 cm³/mol. The number of likely N-dealkylation sites (tertiary alicyclic amines) is 1. The van der Waals surface area contributed by atoms with Crippen LogP contribution < -0.4 is 0 Å².